The van der Waals surface area contributed by atoms with E-state index < -0.39 is 6.80 Å². The van der Waals surface area contributed by atoms with Gasteiger partial charge in [0.25, 0.3) is 0 Å². The van der Waals surface area contributed by atoms with Gasteiger partial charge in [-0.3, -0.25) is 4.52 Å². The van der Waals surface area contributed by atoms with Gasteiger partial charge in [0.15, 0.2) is 0 Å². The summed E-state index contributed by atoms with van der Waals surface area (Å²) in [5.41, 5.74) is 10.8. The lowest BCUT2D eigenvalue weighted by atomic mass is 10.5. The van der Waals surface area contributed by atoms with Crippen molar-refractivity contribution < 1.29 is 13.6 Å². The molecule has 1 aliphatic heterocycles. The predicted octanol–water partition coefficient (Wildman–Crippen LogP) is 0.508. The van der Waals surface area contributed by atoms with E-state index >= 15 is 0 Å². The van der Waals surface area contributed by atoms with Gasteiger partial charge in [-0.2, -0.15) is 0 Å². The summed E-state index contributed by atoms with van der Waals surface area (Å²) >= 11 is 1.06. The molecule has 0 radical (unpaired) electrons. The number of hydrogen-bond donors (Lipinski definition) is 2. The molecule has 1 heterocycles. The standard InChI is InChI=1S/C5H13N2O3PS/c6-2-4-10-11(8)9-3-1-5(7)12-11/h5H,1-4,6-7H2/t5-,11?/m0/s1. The lowest BCUT2D eigenvalue weighted by molar-refractivity contribution is 0.216. The van der Waals surface area contributed by atoms with Crippen LogP contribution in [0.2, 0.25) is 0 Å². The first-order chi connectivity index (χ1) is 5.66. The van der Waals surface area contributed by atoms with E-state index in [0.717, 1.165) is 11.4 Å². The second-order valence-corrected chi connectivity index (χ2v) is 6.54. The Morgan fingerprint density at radius 2 is 2.50 bits per heavy atom. The first-order valence-electron chi connectivity index (χ1n) is 3.69. The van der Waals surface area contributed by atoms with Crippen molar-refractivity contribution in [3.8, 4) is 0 Å². The van der Waals surface area contributed by atoms with Crippen molar-refractivity contribution in [1.29, 1.82) is 0 Å². The van der Waals surface area contributed by atoms with Gasteiger partial charge in [-0.05, 0) is 17.8 Å². The monoisotopic (exact) mass is 212 g/mol. The van der Waals surface area contributed by atoms with Crippen LogP contribution in [-0.4, -0.2) is 25.1 Å². The van der Waals surface area contributed by atoms with Crippen molar-refractivity contribution in [2.45, 2.75) is 11.8 Å². The Morgan fingerprint density at radius 1 is 1.75 bits per heavy atom. The van der Waals surface area contributed by atoms with Gasteiger partial charge >= 0.3 is 6.80 Å². The fourth-order valence-electron chi connectivity index (χ4n) is 0.762. The van der Waals surface area contributed by atoms with Crippen LogP contribution in [-0.2, 0) is 13.6 Å². The molecule has 4 N–H and O–H groups in total. The first kappa shape index (κ1) is 10.5. The highest BCUT2D eigenvalue weighted by molar-refractivity contribution is 8.55. The topological polar surface area (TPSA) is 87.6 Å². The maximum atomic E-state index is 11.6. The molecule has 0 aromatic rings. The molecule has 2 atom stereocenters. The summed E-state index contributed by atoms with van der Waals surface area (Å²) in [6.45, 7) is -1.99. The van der Waals surface area contributed by atoms with E-state index in [1.807, 2.05) is 0 Å². The van der Waals surface area contributed by atoms with E-state index in [1.54, 1.807) is 0 Å². The van der Waals surface area contributed by atoms with E-state index in [-0.39, 0.29) is 12.0 Å². The Hall–Kier alpha value is 0.420. The SMILES string of the molecule is NCCOP1(=O)OCC[C@@H](N)S1. The van der Waals surface area contributed by atoms with Gasteiger partial charge in [0.05, 0.1) is 18.6 Å². The molecule has 5 nitrogen and oxygen atoms in total. The molecule has 0 amide bonds. The zero-order chi connectivity index (χ0) is 9.03. The minimum absolute atomic E-state index is 0.151. The molecule has 12 heavy (non-hydrogen) atoms. The van der Waals surface area contributed by atoms with Crippen LogP contribution in [0.15, 0.2) is 0 Å². The first-order valence-corrected chi connectivity index (χ1v) is 6.72. The third-order valence-electron chi connectivity index (χ3n) is 1.28. The Kier molecular flexibility index (Phi) is 4.02. The molecule has 0 aromatic heterocycles. The lowest BCUT2D eigenvalue weighted by Gasteiger charge is -2.25. The largest absolute Gasteiger partial charge is 0.390 e. The minimum atomic E-state index is -2.97. The van der Waals surface area contributed by atoms with Gasteiger partial charge in [-0.25, -0.2) is 4.57 Å². The highest BCUT2D eigenvalue weighted by Gasteiger charge is 2.32. The van der Waals surface area contributed by atoms with Crippen molar-refractivity contribution in [2.24, 2.45) is 11.5 Å². The van der Waals surface area contributed by atoms with Crippen molar-refractivity contribution in [2.75, 3.05) is 19.8 Å². The maximum absolute atomic E-state index is 11.6. The summed E-state index contributed by atoms with van der Waals surface area (Å²) in [5, 5.41) is -0.151. The van der Waals surface area contributed by atoms with Gasteiger partial charge in [-0.15, -0.1) is 0 Å². The Balaban J connectivity index is 2.41. The van der Waals surface area contributed by atoms with E-state index in [0.29, 0.717) is 19.6 Å². The van der Waals surface area contributed by atoms with Gasteiger partial charge in [0.2, 0.25) is 0 Å². The van der Waals surface area contributed by atoms with Crippen LogP contribution in [0.5, 0.6) is 0 Å². The molecular formula is C5H13N2O3PS. The van der Waals surface area contributed by atoms with Crippen LogP contribution in [0.3, 0.4) is 0 Å². The minimum Gasteiger partial charge on any atom is -0.328 e. The lowest BCUT2D eigenvalue weighted by Crippen LogP contribution is -2.22. The van der Waals surface area contributed by atoms with E-state index in [2.05, 4.69) is 0 Å². The van der Waals surface area contributed by atoms with E-state index in [1.165, 1.54) is 0 Å². The molecule has 1 unspecified atom stereocenters. The molecule has 0 aliphatic carbocycles. The van der Waals surface area contributed by atoms with E-state index in [9.17, 15) is 4.57 Å². The number of hydrogen-bond acceptors (Lipinski definition) is 6. The summed E-state index contributed by atoms with van der Waals surface area (Å²) in [4.78, 5) is 0. The molecule has 72 valence electrons. The summed E-state index contributed by atoms with van der Waals surface area (Å²) < 4.78 is 21.6. The Morgan fingerprint density at radius 3 is 3.08 bits per heavy atom. The van der Waals surface area contributed by atoms with Gasteiger partial charge in [-0.1, -0.05) is 0 Å². The average Bonchev–Trinajstić information content (AvgIpc) is 2.01. The molecule has 0 spiro atoms. The van der Waals surface area contributed by atoms with Gasteiger partial charge in [0, 0.05) is 6.54 Å². The molecule has 1 aliphatic rings. The van der Waals surface area contributed by atoms with Gasteiger partial charge in [0.1, 0.15) is 0 Å². The molecule has 0 bridgehead atoms. The molecule has 0 aromatic carbocycles. The fraction of sp³-hybridized carbons (Fsp3) is 1.00. The highest BCUT2D eigenvalue weighted by Crippen LogP contribution is 2.64. The molecule has 1 rings (SSSR count). The van der Waals surface area contributed by atoms with Crippen molar-refractivity contribution >= 4 is 18.2 Å². The second kappa shape index (κ2) is 4.60. The molecule has 0 saturated carbocycles. The van der Waals surface area contributed by atoms with Crippen LogP contribution in [0.25, 0.3) is 0 Å². The third-order valence-corrected chi connectivity index (χ3v) is 5.27. The third kappa shape index (κ3) is 3.05. The van der Waals surface area contributed by atoms with Gasteiger partial charge < -0.3 is 16.0 Å². The zero-order valence-corrected chi connectivity index (χ0v) is 8.35. The molecular weight excluding hydrogens is 199 g/mol. The van der Waals surface area contributed by atoms with Crippen LogP contribution < -0.4 is 11.5 Å². The highest BCUT2D eigenvalue weighted by atomic mass is 32.7. The molecule has 7 heteroatoms. The van der Waals surface area contributed by atoms with Crippen LogP contribution in [0.1, 0.15) is 6.42 Å². The Labute approximate surface area is 75.4 Å². The van der Waals surface area contributed by atoms with Crippen LogP contribution >= 0.6 is 18.2 Å². The average molecular weight is 212 g/mol. The number of rotatable bonds is 3. The normalized spacial score (nSPS) is 36.7. The van der Waals surface area contributed by atoms with Crippen molar-refractivity contribution in [3.05, 3.63) is 0 Å². The van der Waals surface area contributed by atoms with Crippen LogP contribution in [0, 0.1) is 0 Å². The van der Waals surface area contributed by atoms with E-state index in [4.69, 9.17) is 20.5 Å². The summed E-state index contributed by atoms with van der Waals surface area (Å²) in [6, 6.07) is 0. The smallest absolute Gasteiger partial charge is 0.328 e. The summed E-state index contributed by atoms with van der Waals surface area (Å²) in [6.07, 6.45) is 0.709. The number of nitrogens with two attached hydrogens (primary N) is 2. The molecule has 1 saturated heterocycles. The maximum Gasteiger partial charge on any atom is 0.390 e. The van der Waals surface area contributed by atoms with Crippen molar-refractivity contribution in [1.82, 2.24) is 0 Å². The summed E-state index contributed by atoms with van der Waals surface area (Å²) in [7, 11) is 0. The fourth-order valence-corrected chi connectivity index (χ4v) is 4.27. The second-order valence-electron chi connectivity index (χ2n) is 2.33. The molecule has 1 fully saturated rings. The predicted molar refractivity (Wildman–Crippen MR) is 48.7 cm³/mol. The summed E-state index contributed by atoms with van der Waals surface area (Å²) in [5.74, 6) is 0. The van der Waals surface area contributed by atoms with Crippen LogP contribution in [0.4, 0.5) is 0 Å². The van der Waals surface area contributed by atoms with Crippen molar-refractivity contribution in [3.63, 3.8) is 0 Å². The Bertz CT molecular complexity index is 192. The zero-order valence-electron chi connectivity index (χ0n) is 6.64. The quantitative estimate of drug-likeness (QED) is 0.662.